The number of amides is 1. The van der Waals surface area contributed by atoms with Gasteiger partial charge in [-0.15, -0.1) is 0 Å². The average molecular weight is 354 g/mol. The minimum absolute atomic E-state index is 0.0315. The first kappa shape index (κ1) is 18.0. The van der Waals surface area contributed by atoms with Gasteiger partial charge in [0.25, 0.3) is 5.91 Å². The van der Waals surface area contributed by atoms with Crippen molar-refractivity contribution in [3.05, 3.63) is 27.0 Å². The molecular weight excluding hydrogens is 339 g/mol. The highest BCUT2D eigenvalue weighted by Crippen LogP contribution is 2.31. The van der Waals surface area contributed by atoms with Gasteiger partial charge in [-0.3, -0.25) is 9.59 Å². The van der Waals surface area contributed by atoms with Crippen LogP contribution >= 0.6 is 34.8 Å². The molecule has 0 aliphatic carbocycles. The molecule has 0 fully saturated rings. The first-order valence-electron chi connectivity index (χ1n) is 6.06. The summed E-state index contributed by atoms with van der Waals surface area (Å²) in [6, 6.07) is -0.588. The normalized spacial score (nSPS) is 12.9. The summed E-state index contributed by atoms with van der Waals surface area (Å²) in [6.07, 6.45) is 1.00. The van der Waals surface area contributed by atoms with E-state index in [1.54, 1.807) is 0 Å². The summed E-state index contributed by atoms with van der Waals surface area (Å²) in [4.78, 5) is 27.0. The number of aliphatic carboxylic acids is 1. The van der Waals surface area contributed by atoms with Crippen LogP contribution in [0.1, 0.15) is 37.7 Å². The first-order chi connectivity index (χ1) is 9.54. The van der Waals surface area contributed by atoms with Gasteiger partial charge >= 0.3 is 5.97 Å². The number of nitrogens with zero attached hydrogens (tertiary/aromatic N) is 1. The Morgan fingerprint density at radius 1 is 1.29 bits per heavy atom. The molecule has 1 rings (SSSR count). The van der Waals surface area contributed by atoms with E-state index in [4.69, 9.17) is 39.9 Å². The van der Waals surface area contributed by atoms with Crippen LogP contribution in [0.25, 0.3) is 0 Å². The number of pyridine rings is 1. The van der Waals surface area contributed by atoms with E-state index >= 15 is 0 Å². The van der Waals surface area contributed by atoms with Gasteiger partial charge in [-0.2, -0.15) is 0 Å². The minimum atomic E-state index is -1.01. The predicted molar refractivity (Wildman–Crippen MR) is 82.2 cm³/mol. The Kier molecular flexibility index (Phi) is 5.84. The lowest BCUT2D eigenvalue weighted by Crippen LogP contribution is -2.45. The number of carbonyl (C=O) groups excluding carboxylic acids is 1. The van der Waals surface area contributed by atoms with Crippen molar-refractivity contribution in [1.82, 2.24) is 10.3 Å². The molecule has 0 spiro atoms. The van der Waals surface area contributed by atoms with Crippen molar-refractivity contribution in [2.75, 3.05) is 0 Å². The smallest absolute Gasteiger partial charge is 0.305 e. The third kappa shape index (κ3) is 4.73. The fourth-order valence-electron chi connectivity index (χ4n) is 1.58. The lowest BCUT2D eigenvalue weighted by molar-refractivity contribution is -0.138. The molecule has 0 aliphatic rings. The second-order valence-electron chi connectivity index (χ2n) is 5.57. The molecule has 1 aromatic heterocycles. The topological polar surface area (TPSA) is 79.3 Å². The van der Waals surface area contributed by atoms with Crippen molar-refractivity contribution in [2.24, 2.45) is 5.41 Å². The SMILES string of the molecule is CC(C)(C)C(CC(=O)O)NC(=O)c1ncc(Cl)c(Cl)c1Cl. The van der Waals surface area contributed by atoms with Crippen molar-refractivity contribution in [2.45, 2.75) is 33.2 Å². The number of carboxylic acid groups (broad SMARTS) is 1. The van der Waals surface area contributed by atoms with Gasteiger partial charge in [0.1, 0.15) is 5.69 Å². The third-order valence-corrected chi connectivity index (χ3v) is 4.10. The number of nitrogens with one attached hydrogen (secondary N) is 1. The number of hydrogen-bond acceptors (Lipinski definition) is 3. The zero-order valence-corrected chi connectivity index (χ0v) is 14.0. The minimum Gasteiger partial charge on any atom is -0.481 e. The molecule has 0 aliphatic heterocycles. The Balaban J connectivity index is 3.03. The van der Waals surface area contributed by atoms with Gasteiger partial charge in [0.05, 0.1) is 21.5 Å². The monoisotopic (exact) mass is 352 g/mol. The second-order valence-corrected chi connectivity index (χ2v) is 6.74. The van der Waals surface area contributed by atoms with E-state index in [-0.39, 0.29) is 27.2 Å². The first-order valence-corrected chi connectivity index (χ1v) is 7.19. The third-order valence-electron chi connectivity index (χ3n) is 2.86. The summed E-state index contributed by atoms with van der Waals surface area (Å²) < 4.78 is 0. The summed E-state index contributed by atoms with van der Waals surface area (Å²) >= 11 is 17.5. The molecule has 0 aromatic carbocycles. The van der Waals surface area contributed by atoms with Crippen LogP contribution in [0.15, 0.2) is 6.20 Å². The van der Waals surface area contributed by atoms with E-state index < -0.39 is 23.3 Å². The lowest BCUT2D eigenvalue weighted by atomic mass is 9.84. The fourth-order valence-corrected chi connectivity index (χ4v) is 2.14. The maximum atomic E-state index is 12.2. The van der Waals surface area contributed by atoms with Crippen LogP contribution in [0.4, 0.5) is 0 Å². The maximum absolute atomic E-state index is 12.2. The van der Waals surface area contributed by atoms with Gasteiger partial charge in [-0.25, -0.2) is 4.98 Å². The fraction of sp³-hybridized carbons (Fsp3) is 0.462. The molecule has 0 saturated carbocycles. The highest BCUT2D eigenvalue weighted by Gasteiger charge is 2.30. The van der Waals surface area contributed by atoms with E-state index in [1.165, 1.54) is 6.20 Å². The van der Waals surface area contributed by atoms with Crippen LogP contribution in [-0.4, -0.2) is 28.0 Å². The molecule has 0 saturated heterocycles. The predicted octanol–water partition coefficient (Wildman–Crippen LogP) is 3.66. The molecule has 1 amide bonds. The van der Waals surface area contributed by atoms with Crippen molar-refractivity contribution < 1.29 is 14.7 Å². The summed E-state index contributed by atoms with van der Waals surface area (Å²) in [5.74, 6) is -1.61. The zero-order valence-electron chi connectivity index (χ0n) is 11.7. The van der Waals surface area contributed by atoms with E-state index in [9.17, 15) is 9.59 Å². The van der Waals surface area contributed by atoms with Crippen LogP contribution in [0.2, 0.25) is 15.1 Å². The molecule has 1 heterocycles. The molecule has 0 bridgehead atoms. The van der Waals surface area contributed by atoms with Crippen LogP contribution < -0.4 is 5.32 Å². The van der Waals surface area contributed by atoms with Crippen molar-refractivity contribution >= 4 is 46.7 Å². The average Bonchev–Trinajstić information content (AvgIpc) is 2.33. The summed E-state index contributed by atoms with van der Waals surface area (Å²) in [5.41, 5.74) is -0.540. The number of hydrogen-bond donors (Lipinski definition) is 2. The van der Waals surface area contributed by atoms with Gasteiger partial charge in [0.15, 0.2) is 0 Å². The number of carbonyl (C=O) groups is 2. The molecule has 21 heavy (non-hydrogen) atoms. The molecule has 2 N–H and O–H groups in total. The number of rotatable bonds is 4. The summed E-state index contributed by atoms with van der Waals surface area (Å²) in [5, 5.41) is 11.7. The highest BCUT2D eigenvalue weighted by molar-refractivity contribution is 6.48. The highest BCUT2D eigenvalue weighted by atomic mass is 35.5. The van der Waals surface area contributed by atoms with Crippen LogP contribution in [0.3, 0.4) is 0 Å². The zero-order chi connectivity index (χ0) is 16.4. The molecular formula is C13H15Cl3N2O3. The molecule has 0 radical (unpaired) electrons. The van der Waals surface area contributed by atoms with Gasteiger partial charge in [0, 0.05) is 12.2 Å². The van der Waals surface area contributed by atoms with Gasteiger partial charge in [-0.05, 0) is 5.41 Å². The standard InChI is InChI=1S/C13H15Cl3N2O3/c1-13(2,3)7(4-8(19)20)18-12(21)11-10(16)9(15)6(14)5-17-11/h5,7H,4H2,1-3H3,(H,18,21)(H,19,20). The van der Waals surface area contributed by atoms with Gasteiger partial charge < -0.3 is 10.4 Å². The number of carboxylic acids is 1. The quantitative estimate of drug-likeness (QED) is 0.865. The van der Waals surface area contributed by atoms with Crippen molar-refractivity contribution in [3.8, 4) is 0 Å². The van der Waals surface area contributed by atoms with Gasteiger partial charge in [-0.1, -0.05) is 55.6 Å². The maximum Gasteiger partial charge on any atom is 0.305 e. The Hall–Kier alpha value is -1.04. The Morgan fingerprint density at radius 2 is 1.86 bits per heavy atom. The Labute approximate surface area is 137 Å². The van der Waals surface area contributed by atoms with Crippen LogP contribution in [0, 0.1) is 5.41 Å². The van der Waals surface area contributed by atoms with Crippen LogP contribution in [-0.2, 0) is 4.79 Å². The van der Waals surface area contributed by atoms with E-state index in [0.29, 0.717) is 0 Å². The van der Waals surface area contributed by atoms with E-state index in [2.05, 4.69) is 10.3 Å². The molecule has 1 aromatic rings. The van der Waals surface area contributed by atoms with Gasteiger partial charge in [0.2, 0.25) is 0 Å². The Bertz CT molecular complexity index is 571. The summed E-state index contributed by atoms with van der Waals surface area (Å²) in [6.45, 7) is 5.47. The van der Waals surface area contributed by atoms with E-state index in [1.807, 2.05) is 20.8 Å². The molecule has 116 valence electrons. The summed E-state index contributed by atoms with van der Waals surface area (Å²) in [7, 11) is 0. The second kappa shape index (κ2) is 6.81. The molecule has 1 unspecified atom stereocenters. The number of aromatic nitrogens is 1. The largest absolute Gasteiger partial charge is 0.481 e. The Morgan fingerprint density at radius 3 is 2.33 bits per heavy atom. The molecule has 8 heteroatoms. The van der Waals surface area contributed by atoms with Crippen molar-refractivity contribution in [1.29, 1.82) is 0 Å². The molecule has 1 atom stereocenters. The lowest BCUT2D eigenvalue weighted by Gasteiger charge is -2.30. The van der Waals surface area contributed by atoms with E-state index in [0.717, 1.165) is 0 Å². The van der Waals surface area contributed by atoms with Crippen LogP contribution in [0.5, 0.6) is 0 Å². The molecule has 5 nitrogen and oxygen atoms in total. The van der Waals surface area contributed by atoms with Crippen molar-refractivity contribution in [3.63, 3.8) is 0 Å². The number of halogens is 3.